The maximum atomic E-state index is 12.6. The minimum Gasteiger partial charge on any atom is -0.415 e. The first-order valence-electron chi connectivity index (χ1n) is 10.4. The van der Waals surface area contributed by atoms with Crippen LogP contribution in [0.1, 0.15) is 42.3 Å². The molecule has 5 rings (SSSR count). The summed E-state index contributed by atoms with van der Waals surface area (Å²) in [6.07, 6.45) is 0.790. The number of piperidine rings is 1. The Kier molecular flexibility index (Phi) is 5.30. The number of benzene rings is 1. The van der Waals surface area contributed by atoms with Gasteiger partial charge in [0.15, 0.2) is 5.58 Å². The summed E-state index contributed by atoms with van der Waals surface area (Å²) in [5.74, 6) is -0.759. The van der Waals surface area contributed by atoms with E-state index in [0.29, 0.717) is 28.3 Å². The quantitative estimate of drug-likeness (QED) is 0.465. The molecule has 0 spiro atoms. The minimum atomic E-state index is -2.83. The second-order valence-electron chi connectivity index (χ2n) is 8.04. The van der Waals surface area contributed by atoms with Crippen molar-refractivity contribution in [1.29, 1.82) is 0 Å². The molecule has 0 aliphatic carbocycles. The standard InChI is InChI=1S/C22H21F2N5O3/c1-28-8-6-13(7-9-28)14-3-5-17-18(10-14)31-22(30)29(17)12-16-4-2-15(11-25-16)20-26-27-21(32-20)19(23)24/h2-5,10-11,13,19H,6-9,12H2,1H3. The highest BCUT2D eigenvalue weighted by molar-refractivity contribution is 5.74. The van der Waals surface area contributed by atoms with Gasteiger partial charge in [0.2, 0.25) is 5.89 Å². The van der Waals surface area contributed by atoms with Gasteiger partial charge in [0, 0.05) is 6.20 Å². The lowest BCUT2D eigenvalue weighted by Gasteiger charge is -2.29. The summed E-state index contributed by atoms with van der Waals surface area (Å²) in [5.41, 5.74) is 3.48. The molecule has 10 heteroatoms. The van der Waals surface area contributed by atoms with Gasteiger partial charge in [-0.3, -0.25) is 9.55 Å². The number of oxazole rings is 1. The van der Waals surface area contributed by atoms with Gasteiger partial charge in [-0.05, 0) is 68.7 Å². The molecule has 0 unspecified atom stereocenters. The maximum Gasteiger partial charge on any atom is 0.420 e. The Bertz CT molecular complexity index is 1290. The molecule has 4 aromatic rings. The van der Waals surface area contributed by atoms with Gasteiger partial charge in [-0.15, -0.1) is 10.2 Å². The van der Waals surface area contributed by atoms with E-state index in [1.54, 1.807) is 12.1 Å². The predicted molar refractivity (Wildman–Crippen MR) is 112 cm³/mol. The molecule has 1 saturated heterocycles. The van der Waals surface area contributed by atoms with Crippen LogP contribution in [0.25, 0.3) is 22.6 Å². The molecule has 0 amide bonds. The van der Waals surface area contributed by atoms with E-state index in [-0.39, 0.29) is 12.4 Å². The third-order valence-corrected chi connectivity index (χ3v) is 5.90. The Hall–Kier alpha value is -3.40. The van der Waals surface area contributed by atoms with Crippen molar-refractivity contribution in [3.63, 3.8) is 0 Å². The van der Waals surface area contributed by atoms with Gasteiger partial charge in [-0.1, -0.05) is 6.07 Å². The van der Waals surface area contributed by atoms with Crippen LogP contribution in [0, 0.1) is 0 Å². The minimum absolute atomic E-state index is 0.0355. The number of pyridine rings is 1. The predicted octanol–water partition coefficient (Wildman–Crippen LogP) is 3.83. The molecule has 3 aromatic heterocycles. The van der Waals surface area contributed by atoms with Gasteiger partial charge >= 0.3 is 12.2 Å². The van der Waals surface area contributed by atoms with E-state index < -0.39 is 18.1 Å². The largest absolute Gasteiger partial charge is 0.420 e. The van der Waals surface area contributed by atoms with Crippen LogP contribution in [-0.4, -0.2) is 44.8 Å². The molecule has 0 radical (unpaired) electrons. The molecular formula is C22H21F2N5O3. The van der Waals surface area contributed by atoms with E-state index in [1.807, 2.05) is 12.1 Å². The van der Waals surface area contributed by atoms with E-state index in [4.69, 9.17) is 8.83 Å². The molecule has 32 heavy (non-hydrogen) atoms. The number of aromatic nitrogens is 4. The van der Waals surface area contributed by atoms with E-state index in [9.17, 15) is 13.6 Å². The average Bonchev–Trinajstić information content (AvgIpc) is 3.40. The van der Waals surface area contributed by atoms with Crippen LogP contribution >= 0.6 is 0 Å². The van der Waals surface area contributed by atoms with Gasteiger partial charge in [-0.25, -0.2) is 4.79 Å². The molecule has 0 saturated carbocycles. The van der Waals surface area contributed by atoms with Gasteiger partial charge in [-0.2, -0.15) is 8.78 Å². The number of alkyl halides is 2. The molecule has 0 atom stereocenters. The fraction of sp³-hybridized carbons (Fsp3) is 0.364. The van der Waals surface area contributed by atoms with Crippen molar-refractivity contribution < 1.29 is 17.6 Å². The highest BCUT2D eigenvalue weighted by Crippen LogP contribution is 2.30. The molecule has 0 N–H and O–H groups in total. The number of halogens is 2. The highest BCUT2D eigenvalue weighted by atomic mass is 19.3. The van der Waals surface area contributed by atoms with E-state index >= 15 is 0 Å². The maximum absolute atomic E-state index is 12.6. The molecule has 1 fully saturated rings. The van der Waals surface area contributed by atoms with Gasteiger partial charge in [0.05, 0.1) is 23.3 Å². The lowest BCUT2D eigenvalue weighted by molar-refractivity contribution is 0.116. The van der Waals surface area contributed by atoms with Crippen LogP contribution in [0.3, 0.4) is 0 Å². The zero-order valence-corrected chi connectivity index (χ0v) is 17.4. The van der Waals surface area contributed by atoms with Crippen molar-refractivity contribution >= 4 is 11.1 Å². The summed E-state index contributed by atoms with van der Waals surface area (Å²) in [6.45, 7) is 2.33. The van der Waals surface area contributed by atoms with E-state index in [0.717, 1.165) is 25.9 Å². The van der Waals surface area contributed by atoms with Crippen molar-refractivity contribution in [3.05, 3.63) is 64.2 Å². The molecule has 1 aliphatic heterocycles. The third kappa shape index (κ3) is 3.93. The van der Waals surface area contributed by atoms with Crippen LogP contribution in [0.15, 0.2) is 50.2 Å². The van der Waals surface area contributed by atoms with E-state index in [1.165, 1.54) is 16.3 Å². The SMILES string of the molecule is CN1CCC(c2ccc3c(c2)oc(=O)n3Cc2ccc(-c3nnc(C(F)F)o3)cn2)CC1. The Labute approximate surface area is 181 Å². The first-order chi connectivity index (χ1) is 15.5. The van der Waals surface area contributed by atoms with Crippen LogP contribution in [0.2, 0.25) is 0 Å². The Morgan fingerprint density at radius 1 is 1.12 bits per heavy atom. The number of hydrogen-bond acceptors (Lipinski definition) is 7. The summed E-state index contributed by atoms with van der Waals surface area (Å²) in [7, 11) is 2.13. The first kappa shape index (κ1) is 20.5. The summed E-state index contributed by atoms with van der Waals surface area (Å²) >= 11 is 0. The van der Waals surface area contributed by atoms with Crippen molar-refractivity contribution in [1.82, 2.24) is 24.6 Å². The topological polar surface area (TPSA) is 90.2 Å². The molecule has 4 heterocycles. The van der Waals surface area contributed by atoms with Crippen LogP contribution in [0.4, 0.5) is 8.78 Å². The molecule has 0 bridgehead atoms. The van der Waals surface area contributed by atoms with Gasteiger partial charge < -0.3 is 13.7 Å². The Balaban J connectivity index is 1.36. The zero-order chi connectivity index (χ0) is 22.2. The van der Waals surface area contributed by atoms with Crippen molar-refractivity contribution in [2.24, 2.45) is 0 Å². The summed E-state index contributed by atoms with van der Waals surface area (Å²) in [4.78, 5) is 19.1. The summed E-state index contributed by atoms with van der Waals surface area (Å²) in [5, 5.41) is 6.92. The highest BCUT2D eigenvalue weighted by Gasteiger charge is 2.20. The average molecular weight is 441 g/mol. The summed E-state index contributed by atoms with van der Waals surface area (Å²) in [6, 6.07) is 9.27. The Morgan fingerprint density at radius 3 is 2.62 bits per heavy atom. The fourth-order valence-corrected chi connectivity index (χ4v) is 4.07. The monoisotopic (exact) mass is 441 g/mol. The fourth-order valence-electron chi connectivity index (χ4n) is 4.07. The second-order valence-corrected chi connectivity index (χ2v) is 8.04. The first-order valence-corrected chi connectivity index (χ1v) is 10.4. The molecule has 1 aromatic carbocycles. The number of rotatable bonds is 5. The molecule has 8 nitrogen and oxygen atoms in total. The van der Waals surface area contributed by atoms with Gasteiger partial charge in [0.25, 0.3) is 5.89 Å². The number of fused-ring (bicyclic) bond motifs is 1. The number of likely N-dealkylation sites (tertiary alicyclic amines) is 1. The number of nitrogens with zero attached hydrogens (tertiary/aromatic N) is 5. The summed E-state index contributed by atoms with van der Waals surface area (Å²) < 4.78 is 37.2. The second kappa shape index (κ2) is 8.27. The molecule has 166 valence electrons. The molecular weight excluding hydrogens is 420 g/mol. The smallest absolute Gasteiger partial charge is 0.415 e. The normalized spacial score (nSPS) is 15.8. The molecule has 1 aliphatic rings. The van der Waals surface area contributed by atoms with Crippen molar-refractivity contribution in [2.75, 3.05) is 20.1 Å². The van der Waals surface area contributed by atoms with Crippen LogP contribution < -0.4 is 5.76 Å². The Morgan fingerprint density at radius 2 is 1.94 bits per heavy atom. The van der Waals surface area contributed by atoms with Crippen LogP contribution in [0.5, 0.6) is 0 Å². The number of hydrogen-bond donors (Lipinski definition) is 0. The zero-order valence-electron chi connectivity index (χ0n) is 17.4. The van der Waals surface area contributed by atoms with E-state index in [2.05, 4.69) is 33.2 Å². The van der Waals surface area contributed by atoms with Crippen molar-refractivity contribution in [2.45, 2.75) is 31.7 Å². The third-order valence-electron chi connectivity index (χ3n) is 5.90. The lowest BCUT2D eigenvalue weighted by Crippen LogP contribution is -2.29. The lowest BCUT2D eigenvalue weighted by atomic mass is 9.89. The van der Waals surface area contributed by atoms with Crippen LogP contribution in [-0.2, 0) is 6.54 Å². The van der Waals surface area contributed by atoms with Crippen molar-refractivity contribution in [3.8, 4) is 11.5 Å². The van der Waals surface area contributed by atoms with Gasteiger partial charge in [0.1, 0.15) is 0 Å².